The molecule has 0 saturated heterocycles. The average Bonchev–Trinajstić information content (AvgIpc) is 2.53. The summed E-state index contributed by atoms with van der Waals surface area (Å²) in [5.74, 6) is 1.65. The van der Waals surface area contributed by atoms with Crippen LogP contribution in [0.5, 0.6) is 0 Å². The number of hydrogen-bond donors (Lipinski definition) is 1. The molecule has 1 aliphatic carbocycles. The molecule has 1 aliphatic rings. The number of nitrogens with two attached hydrogens (primary N) is 1. The van der Waals surface area contributed by atoms with Crippen molar-refractivity contribution in [1.82, 2.24) is 0 Å². The number of ether oxygens (including phenoxy) is 1. The second kappa shape index (κ2) is 7.95. The summed E-state index contributed by atoms with van der Waals surface area (Å²) in [5.41, 5.74) is 7.38. The van der Waals surface area contributed by atoms with Crippen LogP contribution in [0.3, 0.4) is 0 Å². The maximum absolute atomic E-state index is 6.24. The van der Waals surface area contributed by atoms with Gasteiger partial charge in [0.05, 0.1) is 5.60 Å². The SMILES string of the molecule is CC(C)C1CCC(CN)(OCCCc2ccccc2)CC1. The first kappa shape index (κ1) is 16.5. The predicted octanol–water partition coefficient (Wildman–Crippen LogP) is 4.18. The largest absolute Gasteiger partial charge is 0.374 e. The highest BCUT2D eigenvalue weighted by atomic mass is 16.5. The quantitative estimate of drug-likeness (QED) is 0.764. The van der Waals surface area contributed by atoms with Gasteiger partial charge in [-0.05, 0) is 55.9 Å². The summed E-state index contributed by atoms with van der Waals surface area (Å²) in [4.78, 5) is 0. The van der Waals surface area contributed by atoms with E-state index in [4.69, 9.17) is 10.5 Å². The van der Waals surface area contributed by atoms with E-state index in [1.807, 2.05) is 0 Å². The normalized spacial score (nSPS) is 26.2. The van der Waals surface area contributed by atoms with Gasteiger partial charge in [0.25, 0.3) is 0 Å². The minimum atomic E-state index is -0.0396. The molecule has 1 fully saturated rings. The Kier molecular flexibility index (Phi) is 6.25. The fourth-order valence-electron chi connectivity index (χ4n) is 3.45. The predicted molar refractivity (Wildman–Crippen MR) is 89.3 cm³/mol. The number of benzene rings is 1. The molecule has 2 rings (SSSR count). The smallest absolute Gasteiger partial charge is 0.0804 e. The Morgan fingerprint density at radius 3 is 2.43 bits per heavy atom. The van der Waals surface area contributed by atoms with Gasteiger partial charge in [0.15, 0.2) is 0 Å². The topological polar surface area (TPSA) is 35.2 Å². The minimum absolute atomic E-state index is 0.0396. The summed E-state index contributed by atoms with van der Waals surface area (Å²) in [6.45, 7) is 6.17. The van der Waals surface area contributed by atoms with Gasteiger partial charge in [0.2, 0.25) is 0 Å². The first-order chi connectivity index (χ1) is 10.2. The molecule has 0 aromatic heterocycles. The van der Waals surface area contributed by atoms with Crippen molar-refractivity contribution in [3.63, 3.8) is 0 Å². The molecule has 1 aromatic carbocycles. The summed E-state index contributed by atoms with van der Waals surface area (Å²) in [5, 5.41) is 0. The fourth-order valence-corrected chi connectivity index (χ4v) is 3.45. The Hall–Kier alpha value is -0.860. The van der Waals surface area contributed by atoms with Gasteiger partial charge < -0.3 is 10.5 Å². The van der Waals surface area contributed by atoms with E-state index < -0.39 is 0 Å². The van der Waals surface area contributed by atoms with Gasteiger partial charge in [-0.1, -0.05) is 44.2 Å². The van der Waals surface area contributed by atoms with Crippen LogP contribution in [0.4, 0.5) is 0 Å². The monoisotopic (exact) mass is 289 g/mol. The molecule has 1 saturated carbocycles. The molecule has 0 bridgehead atoms. The molecule has 2 nitrogen and oxygen atoms in total. The molecule has 0 amide bonds. The van der Waals surface area contributed by atoms with Crippen LogP contribution < -0.4 is 5.73 Å². The molecular formula is C19H31NO. The number of aryl methyl sites for hydroxylation is 1. The summed E-state index contributed by atoms with van der Waals surface area (Å²) >= 11 is 0. The van der Waals surface area contributed by atoms with E-state index in [0.29, 0.717) is 6.54 Å². The molecule has 0 unspecified atom stereocenters. The van der Waals surface area contributed by atoms with Gasteiger partial charge in [0.1, 0.15) is 0 Å². The molecule has 21 heavy (non-hydrogen) atoms. The molecule has 0 spiro atoms. The van der Waals surface area contributed by atoms with Crippen molar-refractivity contribution < 1.29 is 4.74 Å². The van der Waals surface area contributed by atoms with E-state index in [1.165, 1.54) is 18.4 Å². The van der Waals surface area contributed by atoms with Crippen molar-refractivity contribution in [3.8, 4) is 0 Å². The van der Waals surface area contributed by atoms with Gasteiger partial charge in [-0.3, -0.25) is 0 Å². The molecule has 0 radical (unpaired) electrons. The lowest BCUT2D eigenvalue weighted by Gasteiger charge is -2.40. The molecule has 2 heteroatoms. The van der Waals surface area contributed by atoms with E-state index in [0.717, 1.165) is 44.1 Å². The Morgan fingerprint density at radius 2 is 1.86 bits per heavy atom. The van der Waals surface area contributed by atoms with E-state index in [1.54, 1.807) is 0 Å². The summed E-state index contributed by atoms with van der Waals surface area (Å²) in [6.07, 6.45) is 6.99. The Morgan fingerprint density at radius 1 is 1.19 bits per heavy atom. The third-order valence-corrected chi connectivity index (χ3v) is 5.12. The number of rotatable bonds is 7. The zero-order valence-electron chi connectivity index (χ0n) is 13.7. The van der Waals surface area contributed by atoms with E-state index in [9.17, 15) is 0 Å². The van der Waals surface area contributed by atoms with Crippen molar-refractivity contribution in [2.24, 2.45) is 17.6 Å². The third-order valence-electron chi connectivity index (χ3n) is 5.12. The van der Waals surface area contributed by atoms with Gasteiger partial charge in [-0.2, -0.15) is 0 Å². The van der Waals surface area contributed by atoms with Gasteiger partial charge in [-0.15, -0.1) is 0 Å². The third kappa shape index (κ3) is 4.82. The second-order valence-electron chi connectivity index (χ2n) is 6.91. The average molecular weight is 289 g/mol. The molecule has 1 aromatic rings. The molecular weight excluding hydrogens is 258 g/mol. The van der Waals surface area contributed by atoms with Crippen LogP contribution in [0.25, 0.3) is 0 Å². The minimum Gasteiger partial charge on any atom is -0.374 e. The molecule has 0 heterocycles. The van der Waals surface area contributed by atoms with Crippen molar-refractivity contribution in [2.45, 2.75) is 58.0 Å². The highest BCUT2D eigenvalue weighted by Crippen LogP contribution is 2.37. The van der Waals surface area contributed by atoms with Gasteiger partial charge in [-0.25, -0.2) is 0 Å². The fraction of sp³-hybridized carbons (Fsp3) is 0.684. The van der Waals surface area contributed by atoms with E-state index in [-0.39, 0.29) is 5.60 Å². The lowest BCUT2D eigenvalue weighted by Crippen LogP contribution is -2.44. The standard InChI is InChI=1S/C19H31NO/c1-16(2)18-10-12-19(15-20,13-11-18)21-14-6-9-17-7-4-3-5-8-17/h3-5,7-8,16,18H,6,9-15,20H2,1-2H3. The molecule has 2 N–H and O–H groups in total. The van der Waals surface area contributed by atoms with Crippen LogP contribution in [0.2, 0.25) is 0 Å². The number of hydrogen-bond acceptors (Lipinski definition) is 2. The van der Waals surface area contributed by atoms with Crippen molar-refractivity contribution in [3.05, 3.63) is 35.9 Å². The van der Waals surface area contributed by atoms with Crippen LogP contribution in [0.15, 0.2) is 30.3 Å². The van der Waals surface area contributed by atoms with Crippen molar-refractivity contribution in [1.29, 1.82) is 0 Å². The summed E-state index contributed by atoms with van der Waals surface area (Å²) in [6, 6.07) is 10.6. The molecule has 0 atom stereocenters. The summed E-state index contributed by atoms with van der Waals surface area (Å²) < 4.78 is 6.24. The summed E-state index contributed by atoms with van der Waals surface area (Å²) in [7, 11) is 0. The van der Waals surface area contributed by atoms with Gasteiger partial charge >= 0.3 is 0 Å². The van der Waals surface area contributed by atoms with Crippen LogP contribution in [-0.4, -0.2) is 18.8 Å². The van der Waals surface area contributed by atoms with Crippen molar-refractivity contribution in [2.75, 3.05) is 13.2 Å². The molecule has 0 aliphatic heterocycles. The molecule has 118 valence electrons. The lowest BCUT2D eigenvalue weighted by atomic mass is 9.74. The maximum Gasteiger partial charge on any atom is 0.0804 e. The maximum atomic E-state index is 6.24. The van der Waals surface area contributed by atoms with E-state index >= 15 is 0 Å². The van der Waals surface area contributed by atoms with E-state index in [2.05, 4.69) is 44.2 Å². The Bertz CT molecular complexity index is 393. The Balaban J connectivity index is 1.73. The highest BCUT2D eigenvalue weighted by Gasteiger charge is 2.35. The van der Waals surface area contributed by atoms with Crippen molar-refractivity contribution >= 4 is 0 Å². The first-order valence-corrected chi connectivity index (χ1v) is 8.53. The zero-order chi connectivity index (χ0) is 15.1. The Labute approximate surface area is 130 Å². The van der Waals surface area contributed by atoms with Gasteiger partial charge in [0, 0.05) is 13.2 Å². The second-order valence-corrected chi connectivity index (χ2v) is 6.91. The highest BCUT2D eigenvalue weighted by molar-refractivity contribution is 5.14. The first-order valence-electron chi connectivity index (χ1n) is 8.53. The van der Waals surface area contributed by atoms with Crippen LogP contribution >= 0.6 is 0 Å². The zero-order valence-corrected chi connectivity index (χ0v) is 13.7. The lowest BCUT2D eigenvalue weighted by molar-refractivity contribution is -0.0751. The van der Waals surface area contributed by atoms with Crippen LogP contribution in [0.1, 0.15) is 51.5 Å². The van der Waals surface area contributed by atoms with Crippen LogP contribution in [-0.2, 0) is 11.2 Å². The van der Waals surface area contributed by atoms with Crippen LogP contribution in [0, 0.1) is 11.8 Å².